The van der Waals surface area contributed by atoms with Crippen LogP contribution in [0.5, 0.6) is 11.5 Å². The first-order chi connectivity index (χ1) is 20.1. The van der Waals surface area contributed by atoms with E-state index >= 15 is 4.39 Å². The van der Waals surface area contributed by atoms with Crippen LogP contribution in [-0.2, 0) is 15.7 Å². The van der Waals surface area contributed by atoms with Crippen LogP contribution in [0.3, 0.4) is 0 Å². The summed E-state index contributed by atoms with van der Waals surface area (Å²) in [6.07, 6.45) is -4.81. The van der Waals surface area contributed by atoms with Gasteiger partial charge in [0.05, 0.1) is 50.7 Å². The first-order valence-electron chi connectivity index (χ1n) is 13.4. The van der Waals surface area contributed by atoms with Crippen molar-refractivity contribution in [1.82, 2.24) is 5.01 Å². The smallest absolute Gasteiger partial charge is 0.416 e. The van der Waals surface area contributed by atoms with Gasteiger partial charge in [0.2, 0.25) is 0 Å². The number of ether oxygens (including phenoxy) is 3. The van der Waals surface area contributed by atoms with Gasteiger partial charge in [-0.25, -0.2) is 9.40 Å². The first-order valence-corrected chi connectivity index (χ1v) is 13.4. The fourth-order valence-electron chi connectivity index (χ4n) is 5.58. The molecule has 1 fully saturated rings. The van der Waals surface area contributed by atoms with Gasteiger partial charge in [-0.05, 0) is 36.4 Å². The lowest BCUT2D eigenvalue weighted by molar-refractivity contribution is -0.141. The zero-order valence-corrected chi connectivity index (χ0v) is 23.5. The van der Waals surface area contributed by atoms with Crippen LogP contribution in [0, 0.1) is 5.82 Å². The topological polar surface area (TPSA) is 57.7 Å². The van der Waals surface area contributed by atoms with Gasteiger partial charge < -0.3 is 24.0 Å². The van der Waals surface area contributed by atoms with Gasteiger partial charge >= 0.3 is 12.1 Å². The number of halogens is 4. The maximum absolute atomic E-state index is 15.6. The van der Waals surface area contributed by atoms with Crippen LogP contribution in [0.4, 0.5) is 34.6 Å². The van der Waals surface area contributed by atoms with Crippen LogP contribution in [0.2, 0.25) is 0 Å². The van der Waals surface area contributed by atoms with Crippen molar-refractivity contribution in [1.29, 1.82) is 0 Å². The molecule has 1 unspecified atom stereocenters. The Hall–Kier alpha value is -4.19. The van der Waals surface area contributed by atoms with E-state index in [-0.39, 0.29) is 30.2 Å². The molecule has 0 amide bonds. The lowest BCUT2D eigenvalue weighted by Gasteiger charge is -2.50. The van der Waals surface area contributed by atoms with Crippen LogP contribution >= 0.6 is 0 Å². The van der Waals surface area contributed by atoms with E-state index in [9.17, 15) is 18.0 Å². The number of hydrazine groups is 1. The van der Waals surface area contributed by atoms with Crippen molar-refractivity contribution >= 4 is 23.0 Å². The number of piperazine rings is 1. The monoisotopic (exact) mass is 588 g/mol. The third-order valence-corrected chi connectivity index (χ3v) is 7.72. The first kappa shape index (κ1) is 29.3. The number of alkyl halides is 3. The Morgan fingerprint density at radius 1 is 0.929 bits per heavy atom. The van der Waals surface area contributed by atoms with E-state index in [0.717, 1.165) is 23.6 Å². The molecule has 42 heavy (non-hydrogen) atoms. The van der Waals surface area contributed by atoms with Crippen molar-refractivity contribution in [3.8, 4) is 11.5 Å². The van der Waals surface area contributed by atoms with Gasteiger partial charge in [-0.3, -0.25) is 9.80 Å². The number of esters is 1. The molecule has 1 atom stereocenters. The van der Waals surface area contributed by atoms with Gasteiger partial charge in [0.15, 0.2) is 0 Å². The summed E-state index contributed by atoms with van der Waals surface area (Å²) in [5.74, 6) is -0.135. The summed E-state index contributed by atoms with van der Waals surface area (Å²) in [5.41, 5.74) is 1.01. The van der Waals surface area contributed by atoms with Crippen LogP contribution in [0.25, 0.3) is 0 Å². The fourth-order valence-corrected chi connectivity index (χ4v) is 5.58. The summed E-state index contributed by atoms with van der Waals surface area (Å²) < 4.78 is 72.7. The summed E-state index contributed by atoms with van der Waals surface area (Å²) in [5, 5.41) is 3.74. The molecule has 2 aliphatic rings. The molecule has 12 heteroatoms. The summed E-state index contributed by atoms with van der Waals surface area (Å²) in [6, 6.07) is 14.7. The molecular formula is C30H32F4N4O4. The van der Waals surface area contributed by atoms with Crippen molar-refractivity contribution in [2.75, 3.05) is 69.0 Å². The number of carbonyl (C=O) groups excluding carboxylic acids is 1. The maximum atomic E-state index is 15.6. The average molecular weight is 589 g/mol. The standard InChI is InChI=1S/C30H32F4N4O4/c1-40-22-7-4-6-21(17-22)35-12-14-36(15-13-35)38-19-37(26-16-20(30(32,33)34)10-11-27(26)41-2)25(18-28(39)42-3)23-8-5-9-24(31)29(23)38/h4-11,16-17,25H,12-15,18-19H2,1-3H3. The van der Waals surface area contributed by atoms with Crippen LogP contribution in [0.15, 0.2) is 60.7 Å². The Morgan fingerprint density at radius 3 is 2.33 bits per heavy atom. The van der Waals surface area contributed by atoms with E-state index in [1.807, 2.05) is 29.3 Å². The summed E-state index contributed by atoms with van der Waals surface area (Å²) >= 11 is 0. The minimum absolute atomic E-state index is 0.0214. The van der Waals surface area contributed by atoms with Crippen molar-refractivity contribution in [2.45, 2.75) is 18.6 Å². The average Bonchev–Trinajstić information content (AvgIpc) is 3.00. The SMILES string of the molecule is COC(=O)CC1c2cccc(F)c2N(N2CCN(c3cccc(OC)c3)CC2)CN1c1cc(C(F)(F)F)ccc1OC. The Labute approximate surface area is 241 Å². The predicted octanol–water partition coefficient (Wildman–Crippen LogP) is 5.49. The zero-order valence-electron chi connectivity index (χ0n) is 23.5. The molecule has 0 aromatic heterocycles. The van der Waals surface area contributed by atoms with E-state index in [1.165, 1.54) is 32.4 Å². The molecule has 0 N–H and O–H groups in total. The molecule has 0 radical (unpaired) electrons. The molecule has 8 nitrogen and oxygen atoms in total. The Balaban J connectivity index is 1.54. The number of fused-ring (bicyclic) bond motifs is 1. The van der Waals surface area contributed by atoms with E-state index in [0.29, 0.717) is 31.7 Å². The number of para-hydroxylation sites is 1. The van der Waals surface area contributed by atoms with Crippen LogP contribution < -0.4 is 24.3 Å². The van der Waals surface area contributed by atoms with Crippen LogP contribution in [-0.4, -0.2) is 65.2 Å². The number of rotatable bonds is 7. The van der Waals surface area contributed by atoms with Gasteiger partial charge in [-0.15, -0.1) is 0 Å². The molecule has 0 bridgehead atoms. The number of carbonyl (C=O) groups is 1. The number of hydrogen-bond acceptors (Lipinski definition) is 8. The van der Waals surface area contributed by atoms with Gasteiger partial charge in [-0.2, -0.15) is 13.2 Å². The van der Waals surface area contributed by atoms with E-state index < -0.39 is 29.6 Å². The molecule has 3 aromatic carbocycles. The lowest BCUT2D eigenvalue weighted by atomic mass is 9.96. The number of benzene rings is 3. The van der Waals surface area contributed by atoms with Gasteiger partial charge in [0.25, 0.3) is 0 Å². The quantitative estimate of drug-likeness (QED) is 0.266. The molecule has 0 spiro atoms. The molecule has 2 heterocycles. The second-order valence-corrected chi connectivity index (χ2v) is 10.0. The highest BCUT2D eigenvalue weighted by molar-refractivity contribution is 5.75. The van der Waals surface area contributed by atoms with E-state index in [1.54, 1.807) is 23.1 Å². The van der Waals surface area contributed by atoms with Crippen molar-refractivity contribution in [2.24, 2.45) is 0 Å². The van der Waals surface area contributed by atoms with E-state index in [2.05, 4.69) is 4.90 Å². The third kappa shape index (κ3) is 5.76. The number of anilines is 3. The molecule has 5 rings (SSSR count). The molecule has 0 saturated carbocycles. The minimum Gasteiger partial charge on any atom is -0.497 e. The zero-order chi connectivity index (χ0) is 30.0. The predicted molar refractivity (Wildman–Crippen MR) is 150 cm³/mol. The molecule has 224 valence electrons. The highest BCUT2D eigenvalue weighted by Gasteiger charge is 2.40. The minimum atomic E-state index is -4.60. The van der Waals surface area contributed by atoms with Crippen molar-refractivity contribution < 1.29 is 36.6 Å². The van der Waals surface area contributed by atoms with Gasteiger partial charge in [0.1, 0.15) is 24.0 Å². The lowest BCUT2D eigenvalue weighted by Crippen LogP contribution is -2.59. The largest absolute Gasteiger partial charge is 0.497 e. The Morgan fingerprint density at radius 2 is 1.67 bits per heavy atom. The molecule has 1 saturated heterocycles. The van der Waals surface area contributed by atoms with Crippen LogP contribution in [0.1, 0.15) is 23.6 Å². The second kappa shape index (κ2) is 12.0. The van der Waals surface area contributed by atoms with Gasteiger partial charge in [0, 0.05) is 43.5 Å². The normalized spacial score (nSPS) is 17.6. The molecule has 3 aromatic rings. The Bertz CT molecular complexity index is 1430. The number of methoxy groups -OCH3 is 3. The highest BCUT2D eigenvalue weighted by Crippen LogP contribution is 2.46. The molecule has 0 aliphatic carbocycles. The summed E-state index contributed by atoms with van der Waals surface area (Å²) in [4.78, 5) is 16.4. The van der Waals surface area contributed by atoms with Crippen molar-refractivity contribution in [3.63, 3.8) is 0 Å². The number of nitrogens with zero attached hydrogens (tertiary/aromatic N) is 4. The number of hydrogen-bond donors (Lipinski definition) is 0. The van der Waals surface area contributed by atoms with Gasteiger partial charge in [-0.1, -0.05) is 18.2 Å². The summed E-state index contributed by atoms with van der Waals surface area (Å²) in [6.45, 7) is 2.24. The van der Waals surface area contributed by atoms with E-state index in [4.69, 9.17) is 14.2 Å². The highest BCUT2D eigenvalue weighted by atomic mass is 19.4. The molecule has 2 aliphatic heterocycles. The molecular weight excluding hydrogens is 556 g/mol. The third-order valence-electron chi connectivity index (χ3n) is 7.72. The fraction of sp³-hybridized carbons (Fsp3) is 0.367. The summed E-state index contributed by atoms with van der Waals surface area (Å²) in [7, 11) is 4.22. The second-order valence-electron chi connectivity index (χ2n) is 10.0. The Kier molecular flexibility index (Phi) is 8.35. The van der Waals surface area contributed by atoms with Crippen molar-refractivity contribution in [3.05, 3.63) is 77.6 Å². The maximum Gasteiger partial charge on any atom is 0.416 e.